The lowest BCUT2D eigenvalue weighted by Crippen LogP contribution is -2.52. The number of rotatable bonds is 11. The maximum Gasteiger partial charge on any atom is 0.254 e. The fourth-order valence-corrected chi connectivity index (χ4v) is 4.49. The van der Waals surface area contributed by atoms with Crippen LogP contribution in [0.4, 0.5) is 0 Å². The van der Waals surface area contributed by atoms with Gasteiger partial charge in [0.05, 0.1) is 32.5 Å². The number of benzene rings is 1. The maximum atomic E-state index is 13.1. The minimum absolute atomic E-state index is 0.0458. The predicted octanol–water partition coefficient (Wildman–Crippen LogP) is 1.33. The number of amides is 1. The minimum Gasteiger partial charge on any atom is -0.497 e. The van der Waals surface area contributed by atoms with E-state index in [1.165, 1.54) is 19.3 Å². The molecule has 2 aliphatic heterocycles. The molecule has 2 fully saturated rings. The summed E-state index contributed by atoms with van der Waals surface area (Å²) in [4.78, 5) is 19.5. The first-order valence-corrected chi connectivity index (χ1v) is 11.8. The van der Waals surface area contributed by atoms with Gasteiger partial charge in [-0.25, -0.2) is 0 Å². The van der Waals surface area contributed by atoms with Crippen LogP contribution >= 0.6 is 0 Å². The number of hydrogen-bond donors (Lipinski definition) is 1. The third kappa shape index (κ3) is 7.71. The van der Waals surface area contributed by atoms with Crippen molar-refractivity contribution < 1.29 is 24.1 Å². The van der Waals surface area contributed by atoms with E-state index < -0.39 is 0 Å². The van der Waals surface area contributed by atoms with Gasteiger partial charge in [-0.2, -0.15) is 0 Å². The lowest BCUT2D eigenvalue weighted by Gasteiger charge is -2.37. The molecule has 180 valence electrons. The molecule has 0 radical (unpaired) electrons. The van der Waals surface area contributed by atoms with Gasteiger partial charge in [-0.15, -0.1) is 0 Å². The Balaban J connectivity index is 1.53. The standard InChI is InChI=1S/C24H39N3O5/c1-30-14-13-27(24(29)20-6-8-22(31-2)9-7-20)19-23-18-26(12-15-32-23)17-21(28)16-25-10-4-3-5-11-25/h6-9,21,23,28H,3-5,10-19H2,1-2H3/t21-,23+/m0/s1. The van der Waals surface area contributed by atoms with Crippen molar-refractivity contribution >= 4 is 5.91 Å². The Morgan fingerprint density at radius 2 is 1.84 bits per heavy atom. The first-order valence-electron chi connectivity index (χ1n) is 11.8. The van der Waals surface area contributed by atoms with Crippen molar-refractivity contribution in [3.8, 4) is 5.75 Å². The van der Waals surface area contributed by atoms with Crippen LogP contribution in [0.5, 0.6) is 5.75 Å². The number of piperidine rings is 1. The van der Waals surface area contributed by atoms with E-state index in [9.17, 15) is 9.90 Å². The van der Waals surface area contributed by atoms with Gasteiger partial charge in [0.25, 0.3) is 5.91 Å². The lowest BCUT2D eigenvalue weighted by molar-refractivity contribution is -0.0541. The maximum absolute atomic E-state index is 13.1. The molecule has 2 aliphatic rings. The third-order valence-corrected chi connectivity index (χ3v) is 6.22. The van der Waals surface area contributed by atoms with E-state index in [0.29, 0.717) is 45.0 Å². The highest BCUT2D eigenvalue weighted by Crippen LogP contribution is 2.15. The minimum atomic E-state index is -0.364. The average Bonchev–Trinajstić information content (AvgIpc) is 2.82. The highest BCUT2D eigenvalue weighted by atomic mass is 16.5. The van der Waals surface area contributed by atoms with Crippen molar-refractivity contribution in [1.29, 1.82) is 0 Å². The summed E-state index contributed by atoms with van der Waals surface area (Å²) in [5.74, 6) is 0.676. The summed E-state index contributed by atoms with van der Waals surface area (Å²) in [6.45, 7) is 7.12. The third-order valence-electron chi connectivity index (χ3n) is 6.22. The molecule has 32 heavy (non-hydrogen) atoms. The fourth-order valence-electron chi connectivity index (χ4n) is 4.49. The molecule has 3 rings (SSSR count). The van der Waals surface area contributed by atoms with Crippen LogP contribution < -0.4 is 4.74 Å². The number of likely N-dealkylation sites (tertiary alicyclic amines) is 1. The molecule has 0 bridgehead atoms. The summed E-state index contributed by atoms with van der Waals surface area (Å²) in [6, 6.07) is 7.16. The molecule has 0 aliphatic carbocycles. The van der Waals surface area contributed by atoms with E-state index in [1.807, 2.05) is 0 Å². The number of aliphatic hydroxyl groups is 1. The first-order chi connectivity index (χ1) is 15.6. The summed E-state index contributed by atoms with van der Waals surface area (Å²) in [5, 5.41) is 10.6. The number of ether oxygens (including phenoxy) is 3. The Labute approximate surface area is 192 Å². The van der Waals surface area contributed by atoms with Crippen molar-refractivity contribution in [3.63, 3.8) is 0 Å². The van der Waals surface area contributed by atoms with Gasteiger partial charge in [-0.3, -0.25) is 9.69 Å². The molecule has 8 heteroatoms. The Hall–Kier alpha value is -1.71. The van der Waals surface area contributed by atoms with Crippen LogP contribution in [0.2, 0.25) is 0 Å². The average molecular weight is 450 g/mol. The summed E-state index contributed by atoms with van der Waals surface area (Å²) < 4.78 is 16.4. The van der Waals surface area contributed by atoms with Crippen molar-refractivity contribution in [2.75, 3.05) is 79.8 Å². The number of morpholine rings is 1. The topological polar surface area (TPSA) is 74.7 Å². The van der Waals surface area contributed by atoms with Crippen LogP contribution in [-0.2, 0) is 9.47 Å². The van der Waals surface area contributed by atoms with E-state index >= 15 is 0 Å². The molecule has 0 spiro atoms. The zero-order valence-corrected chi connectivity index (χ0v) is 19.6. The molecule has 2 saturated heterocycles. The Kier molecular flexibility index (Phi) is 10.2. The predicted molar refractivity (Wildman–Crippen MR) is 123 cm³/mol. The van der Waals surface area contributed by atoms with E-state index in [4.69, 9.17) is 14.2 Å². The van der Waals surface area contributed by atoms with Crippen molar-refractivity contribution in [1.82, 2.24) is 14.7 Å². The zero-order valence-electron chi connectivity index (χ0n) is 19.6. The van der Waals surface area contributed by atoms with Crippen LogP contribution in [0.25, 0.3) is 0 Å². The molecule has 1 amide bonds. The first kappa shape index (κ1) is 24.9. The van der Waals surface area contributed by atoms with E-state index in [1.54, 1.807) is 43.4 Å². The van der Waals surface area contributed by atoms with Gasteiger partial charge in [0.2, 0.25) is 0 Å². The van der Waals surface area contributed by atoms with Gasteiger partial charge in [0.1, 0.15) is 5.75 Å². The van der Waals surface area contributed by atoms with E-state index in [2.05, 4.69) is 9.80 Å². The summed E-state index contributed by atoms with van der Waals surface area (Å²) >= 11 is 0. The monoisotopic (exact) mass is 449 g/mol. The molecule has 1 N–H and O–H groups in total. The molecule has 0 unspecified atom stereocenters. The number of nitrogens with zero attached hydrogens (tertiary/aromatic N) is 3. The van der Waals surface area contributed by atoms with Crippen molar-refractivity contribution in [2.45, 2.75) is 31.5 Å². The van der Waals surface area contributed by atoms with Crippen molar-refractivity contribution in [2.24, 2.45) is 0 Å². The fraction of sp³-hybridized carbons (Fsp3) is 0.708. The van der Waals surface area contributed by atoms with Gasteiger partial charge in [-0.1, -0.05) is 6.42 Å². The zero-order chi connectivity index (χ0) is 22.8. The molecule has 1 aromatic carbocycles. The Morgan fingerprint density at radius 3 is 2.53 bits per heavy atom. The molecule has 1 aromatic rings. The van der Waals surface area contributed by atoms with Crippen molar-refractivity contribution in [3.05, 3.63) is 29.8 Å². The SMILES string of the molecule is COCCN(C[C@H]1CN(C[C@@H](O)CN2CCCCC2)CCO1)C(=O)c1ccc(OC)cc1. The number of β-amino-alcohol motifs (C(OH)–C–C–N with tert-alkyl or cyclic N) is 1. The van der Waals surface area contributed by atoms with Crippen LogP contribution in [0, 0.1) is 0 Å². The molecule has 2 heterocycles. The Morgan fingerprint density at radius 1 is 1.12 bits per heavy atom. The molecular weight excluding hydrogens is 410 g/mol. The molecule has 0 aromatic heterocycles. The van der Waals surface area contributed by atoms with Crippen LogP contribution in [-0.4, -0.2) is 118 Å². The van der Waals surface area contributed by atoms with E-state index in [0.717, 1.165) is 31.9 Å². The van der Waals surface area contributed by atoms with E-state index in [-0.39, 0.29) is 18.1 Å². The van der Waals surface area contributed by atoms with Gasteiger partial charge in [0, 0.05) is 51.9 Å². The summed E-state index contributed by atoms with van der Waals surface area (Å²) in [5.41, 5.74) is 0.617. The quantitative estimate of drug-likeness (QED) is 0.546. The van der Waals surface area contributed by atoms with Gasteiger partial charge >= 0.3 is 0 Å². The van der Waals surface area contributed by atoms with Crippen LogP contribution in [0.15, 0.2) is 24.3 Å². The number of aliphatic hydroxyl groups excluding tert-OH is 1. The Bertz CT molecular complexity index is 681. The molecule has 2 atom stereocenters. The van der Waals surface area contributed by atoms with Crippen LogP contribution in [0.1, 0.15) is 29.6 Å². The van der Waals surface area contributed by atoms with Gasteiger partial charge < -0.3 is 29.1 Å². The number of hydrogen-bond acceptors (Lipinski definition) is 7. The second kappa shape index (κ2) is 13.1. The molecule has 8 nitrogen and oxygen atoms in total. The van der Waals surface area contributed by atoms with Gasteiger partial charge in [-0.05, 0) is 50.2 Å². The highest BCUT2D eigenvalue weighted by molar-refractivity contribution is 5.94. The number of methoxy groups -OCH3 is 2. The summed E-state index contributed by atoms with van der Waals surface area (Å²) in [6.07, 6.45) is 3.30. The largest absolute Gasteiger partial charge is 0.497 e. The number of carbonyl (C=O) groups excluding carboxylic acids is 1. The second-order valence-corrected chi connectivity index (χ2v) is 8.74. The molecule has 0 saturated carbocycles. The second-order valence-electron chi connectivity index (χ2n) is 8.74. The van der Waals surface area contributed by atoms with Crippen LogP contribution in [0.3, 0.4) is 0 Å². The normalized spacial score (nSPS) is 21.3. The number of carbonyl (C=O) groups is 1. The summed E-state index contributed by atoms with van der Waals surface area (Å²) in [7, 11) is 3.25. The molecular formula is C24H39N3O5. The smallest absolute Gasteiger partial charge is 0.254 e. The highest BCUT2D eigenvalue weighted by Gasteiger charge is 2.27. The van der Waals surface area contributed by atoms with Gasteiger partial charge in [0.15, 0.2) is 0 Å². The lowest BCUT2D eigenvalue weighted by atomic mass is 10.1.